The SMILES string of the molecule is COc1cccc(NC(=O)c2nn3c(C(F)(F)F)cc(C)nc3c2Cl)c1. The predicted molar refractivity (Wildman–Crippen MR) is 88.7 cm³/mol. The second kappa shape index (κ2) is 6.49. The van der Waals surface area contributed by atoms with E-state index in [4.69, 9.17) is 16.3 Å². The lowest BCUT2D eigenvalue weighted by molar-refractivity contribution is -0.142. The highest BCUT2D eigenvalue weighted by atomic mass is 35.5. The standard InChI is InChI=1S/C16H12ClF3N4O2/c1-8-6-11(16(18,19)20)24-14(21-8)12(17)13(23-24)15(25)22-9-4-3-5-10(7-9)26-2/h3-7H,1-2H3,(H,22,25). The Bertz CT molecular complexity index is 1000. The molecule has 2 heterocycles. The summed E-state index contributed by atoms with van der Waals surface area (Å²) < 4.78 is 45.2. The lowest BCUT2D eigenvalue weighted by atomic mass is 10.3. The highest BCUT2D eigenvalue weighted by Crippen LogP contribution is 2.32. The van der Waals surface area contributed by atoms with Crippen molar-refractivity contribution >= 4 is 28.8 Å². The molecule has 0 aliphatic carbocycles. The molecule has 0 unspecified atom stereocenters. The van der Waals surface area contributed by atoms with Gasteiger partial charge in [0.05, 0.1) is 7.11 Å². The van der Waals surface area contributed by atoms with E-state index in [-0.39, 0.29) is 22.1 Å². The van der Waals surface area contributed by atoms with Crippen molar-refractivity contribution in [2.45, 2.75) is 13.1 Å². The van der Waals surface area contributed by atoms with Gasteiger partial charge in [-0.1, -0.05) is 17.7 Å². The van der Waals surface area contributed by atoms with Crippen LogP contribution in [0.2, 0.25) is 5.02 Å². The first-order chi connectivity index (χ1) is 12.2. The lowest BCUT2D eigenvalue weighted by Crippen LogP contribution is -2.15. The molecule has 0 saturated carbocycles. The highest BCUT2D eigenvalue weighted by Gasteiger charge is 2.36. The third kappa shape index (κ3) is 3.30. The van der Waals surface area contributed by atoms with Crippen molar-refractivity contribution in [1.29, 1.82) is 0 Å². The van der Waals surface area contributed by atoms with Gasteiger partial charge in [0.1, 0.15) is 16.5 Å². The van der Waals surface area contributed by atoms with E-state index >= 15 is 0 Å². The van der Waals surface area contributed by atoms with Crippen LogP contribution in [0.3, 0.4) is 0 Å². The molecule has 0 fully saturated rings. The van der Waals surface area contributed by atoms with Crippen LogP contribution in [-0.2, 0) is 6.18 Å². The van der Waals surface area contributed by atoms with Gasteiger partial charge in [-0.25, -0.2) is 9.50 Å². The van der Waals surface area contributed by atoms with Crippen molar-refractivity contribution in [2.75, 3.05) is 12.4 Å². The number of ether oxygens (including phenoxy) is 1. The van der Waals surface area contributed by atoms with Crippen molar-refractivity contribution in [3.63, 3.8) is 0 Å². The predicted octanol–water partition coefficient (Wildman–Crippen LogP) is 3.97. The van der Waals surface area contributed by atoms with E-state index in [1.165, 1.54) is 14.0 Å². The van der Waals surface area contributed by atoms with Crippen molar-refractivity contribution in [1.82, 2.24) is 14.6 Å². The summed E-state index contributed by atoms with van der Waals surface area (Å²) in [6, 6.07) is 7.29. The van der Waals surface area contributed by atoms with Crippen LogP contribution in [0.25, 0.3) is 5.65 Å². The van der Waals surface area contributed by atoms with Crippen LogP contribution in [0.5, 0.6) is 5.75 Å². The summed E-state index contributed by atoms with van der Waals surface area (Å²) >= 11 is 6.07. The number of carbonyl (C=O) groups is 1. The van der Waals surface area contributed by atoms with Crippen molar-refractivity contribution in [2.24, 2.45) is 0 Å². The van der Waals surface area contributed by atoms with Crippen LogP contribution in [0.15, 0.2) is 30.3 Å². The number of nitrogens with zero attached hydrogens (tertiary/aromatic N) is 3. The molecule has 0 aliphatic rings. The summed E-state index contributed by atoms with van der Waals surface area (Å²) in [6.07, 6.45) is -4.68. The Morgan fingerprint density at radius 2 is 2.04 bits per heavy atom. The first-order valence-corrected chi connectivity index (χ1v) is 7.67. The zero-order chi connectivity index (χ0) is 19.1. The Labute approximate surface area is 150 Å². The van der Waals surface area contributed by atoms with Gasteiger partial charge in [-0.2, -0.15) is 18.3 Å². The number of fused-ring (bicyclic) bond motifs is 1. The summed E-state index contributed by atoms with van der Waals surface area (Å²) in [5.41, 5.74) is -1.19. The molecule has 0 aliphatic heterocycles. The number of aryl methyl sites for hydroxylation is 1. The van der Waals surface area contributed by atoms with Crippen molar-refractivity contribution in [3.8, 4) is 5.75 Å². The fraction of sp³-hybridized carbons (Fsp3) is 0.188. The van der Waals surface area contributed by atoms with Crippen LogP contribution < -0.4 is 10.1 Å². The molecule has 0 spiro atoms. The molecular formula is C16H12ClF3N4O2. The molecular weight excluding hydrogens is 373 g/mol. The van der Waals surface area contributed by atoms with Gasteiger partial charge in [-0.3, -0.25) is 4.79 Å². The van der Waals surface area contributed by atoms with Gasteiger partial charge in [-0.15, -0.1) is 0 Å². The van der Waals surface area contributed by atoms with Crippen LogP contribution >= 0.6 is 11.6 Å². The van der Waals surface area contributed by atoms with E-state index in [1.807, 2.05) is 0 Å². The number of carbonyl (C=O) groups excluding carboxylic acids is 1. The van der Waals surface area contributed by atoms with E-state index < -0.39 is 17.8 Å². The van der Waals surface area contributed by atoms with Crippen LogP contribution in [0, 0.1) is 6.92 Å². The number of aromatic nitrogens is 3. The molecule has 10 heteroatoms. The van der Waals surface area contributed by atoms with Gasteiger partial charge < -0.3 is 10.1 Å². The summed E-state index contributed by atoms with van der Waals surface area (Å²) in [6.45, 7) is 1.40. The Hall–Kier alpha value is -2.81. The largest absolute Gasteiger partial charge is 0.497 e. The number of anilines is 1. The monoisotopic (exact) mass is 384 g/mol. The normalized spacial score (nSPS) is 11.6. The zero-order valence-electron chi connectivity index (χ0n) is 13.6. The Morgan fingerprint density at radius 3 is 2.69 bits per heavy atom. The Kier molecular flexibility index (Phi) is 4.49. The minimum absolute atomic E-state index is 0.103. The van der Waals surface area contributed by atoms with Crippen molar-refractivity contribution in [3.05, 3.63) is 52.4 Å². The second-order valence-corrected chi connectivity index (χ2v) is 5.74. The topological polar surface area (TPSA) is 68.5 Å². The summed E-state index contributed by atoms with van der Waals surface area (Å²) in [4.78, 5) is 16.4. The van der Waals surface area contributed by atoms with E-state index in [0.717, 1.165) is 6.07 Å². The first kappa shape index (κ1) is 18.0. The molecule has 0 radical (unpaired) electrons. The first-order valence-electron chi connectivity index (χ1n) is 7.29. The third-order valence-corrected chi connectivity index (χ3v) is 3.84. The smallest absolute Gasteiger partial charge is 0.433 e. The van der Waals surface area contributed by atoms with Gasteiger partial charge >= 0.3 is 6.18 Å². The van der Waals surface area contributed by atoms with Gasteiger partial charge in [0, 0.05) is 17.4 Å². The number of benzene rings is 1. The average Bonchev–Trinajstić information content (AvgIpc) is 2.90. The summed E-state index contributed by atoms with van der Waals surface area (Å²) in [5.74, 6) is -0.264. The number of halogens is 4. The minimum atomic E-state index is -4.68. The minimum Gasteiger partial charge on any atom is -0.497 e. The van der Waals surface area contributed by atoms with Crippen LogP contribution in [-0.4, -0.2) is 27.6 Å². The van der Waals surface area contributed by atoms with Crippen molar-refractivity contribution < 1.29 is 22.7 Å². The number of nitrogens with one attached hydrogen (secondary N) is 1. The van der Waals surface area contributed by atoms with Gasteiger partial charge in [0.25, 0.3) is 5.91 Å². The van der Waals surface area contributed by atoms with Gasteiger partial charge in [0.2, 0.25) is 0 Å². The molecule has 0 atom stereocenters. The number of amides is 1. The molecule has 3 rings (SSSR count). The maximum absolute atomic E-state index is 13.2. The molecule has 3 aromatic rings. The average molecular weight is 385 g/mol. The molecule has 1 aromatic carbocycles. The molecule has 26 heavy (non-hydrogen) atoms. The molecule has 6 nitrogen and oxygen atoms in total. The Morgan fingerprint density at radius 1 is 1.31 bits per heavy atom. The summed E-state index contributed by atoms with van der Waals surface area (Å²) in [5, 5.41) is 5.97. The van der Waals surface area contributed by atoms with Crippen LogP contribution in [0.1, 0.15) is 21.9 Å². The third-order valence-electron chi connectivity index (χ3n) is 3.49. The number of hydrogen-bond acceptors (Lipinski definition) is 4. The second-order valence-electron chi connectivity index (χ2n) is 5.36. The number of methoxy groups -OCH3 is 1. The van der Waals surface area contributed by atoms with E-state index in [2.05, 4.69) is 15.4 Å². The Balaban J connectivity index is 2.05. The maximum atomic E-state index is 13.2. The lowest BCUT2D eigenvalue weighted by Gasteiger charge is -2.09. The highest BCUT2D eigenvalue weighted by molar-refractivity contribution is 6.37. The van der Waals surface area contributed by atoms with Crippen LogP contribution in [0.4, 0.5) is 18.9 Å². The molecule has 1 amide bonds. The van der Waals surface area contributed by atoms with Gasteiger partial charge in [-0.05, 0) is 25.1 Å². The van der Waals surface area contributed by atoms with E-state index in [9.17, 15) is 18.0 Å². The number of alkyl halides is 3. The molecule has 136 valence electrons. The quantitative estimate of drug-likeness (QED) is 0.742. The molecule has 1 N–H and O–H groups in total. The maximum Gasteiger partial charge on any atom is 0.433 e. The zero-order valence-corrected chi connectivity index (χ0v) is 14.3. The molecule has 0 saturated heterocycles. The molecule has 2 aromatic heterocycles. The van der Waals surface area contributed by atoms with Gasteiger partial charge in [0.15, 0.2) is 11.3 Å². The number of hydrogen-bond donors (Lipinski definition) is 1. The fourth-order valence-corrected chi connectivity index (χ4v) is 2.60. The molecule has 0 bridgehead atoms. The van der Waals surface area contributed by atoms with E-state index in [1.54, 1.807) is 24.3 Å². The number of rotatable bonds is 3. The van der Waals surface area contributed by atoms with E-state index in [0.29, 0.717) is 16.0 Å². The summed E-state index contributed by atoms with van der Waals surface area (Å²) in [7, 11) is 1.46. The fourth-order valence-electron chi connectivity index (χ4n) is 2.35.